The van der Waals surface area contributed by atoms with E-state index in [1.165, 1.54) is 0 Å². The molecule has 2 rings (SSSR count). The second-order valence-corrected chi connectivity index (χ2v) is 6.04. The SMILES string of the molecule is CC(C)(C)NC(=O)c1cccn(Cc2ccccc2)c1=O. The molecule has 2 aromatic rings. The smallest absolute Gasteiger partial charge is 0.263 e. The van der Waals surface area contributed by atoms with Crippen LogP contribution in [0.15, 0.2) is 53.5 Å². The first-order chi connectivity index (χ1) is 9.87. The zero-order valence-electron chi connectivity index (χ0n) is 12.6. The largest absolute Gasteiger partial charge is 0.347 e. The summed E-state index contributed by atoms with van der Waals surface area (Å²) in [5.74, 6) is -0.338. The first-order valence-electron chi connectivity index (χ1n) is 6.93. The lowest BCUT2D eigenvalue weighted by Gasteiger charge is -2.20. The first kappa shape index (κ1) is 15.0. The van der Waals surface area contributed by atoms with Crippen LogP contribution in [-0.4, -0.2) is 16.0 Å². The highest BCUT2D eigenvalue weighted by Crippen LogP contribution is 2.04. The van der Waals surface area contributed by atoms with E-state index < -0.39 is 0 Å². The summed E-state index contributed by atoms with van der Waals surface area (Å²) in [7, 11) is 0. The molecule has 4 heteroatoms. The number of pyridine rings is 1. The van der Waals surface area contributed by atoms with Crippen molar-refractivity contribution in [3.05, 3.63) is 70.1 Å². The van der Waals surface area contributed by atoms with Gasteiger partial charge in [0.05, 0.1) is 6.54 Å². The molecule has 1 N–H and O–H groups in total. The van der Waals surface area contributed by atoms with Crippen molar-refractivity contribution in [1.29, 1.82) is 0 Å². The highest BCUT2D eigenvalue weighted by atomic mass is 16.2. The van der Waals surface area contributed by atoms with Crippen LogP contribution in [0.25, 0.3) is 0 Å². The fourth-order valence-corrected chi connectivity index (χ4v) is 2.02. The molecule has 0 bridgehead atoms. The number of aromatic nitrogens is 1. The normalized spacial score (nSPS) is 11.2. The van der Waals surface area contributed by atoms with Crippen molar-refractivity contribution in [3.63, 3.8) is 0 Å². The summed E-state index contributed by atoms with van der Waals surface area (Å²) in [6, 6.07) is 13.0. The molecule has 0 unspecified atom stereocenters. The Morgan fingerprint density at radius 2 is 1.76 bits per heavy atom. The van der Waals surface area contributed by atoms with Crippen molar-refractivity contribution in [2.45, 2.75) is 32.9 Å². The first-order valence-corrected chi connectivity index (χ1v) is 6.93. The van der Waals surface area contributed by atoms with Crippen LogP contribution in [0.4, 0.5) is 0 Å². The van der Waals surface area contributed by atoms with Gasteiger partial charge in [0.25, 0.3) is 11.5 Å². The Hall–Kier alpha value is -2.36. The summed E-state index contributed by atoms with van der Waals surface area (Å²) < 4.78 is 1.55. The molecular weight excluding hydrogens is 264 g/mol. The second-order valence-electron chi connectivity index (χ2n) is 6.04. The maximum Gasteiger partial charge on any atom is 0.263 e. The number of hydrogen-bond donors (Lipinski definition) is 1. The van der Waals surface area contributed by atoms with Gasteiger partial charge >= 0.3 is 0 Å². The number of benzene rings is 1. The van der Waals surface area contributed by atoms with Crippen molar-refractivity contribution in [3.8, 4) is 0 Å². The van der Waals surface area contributed by atoms with Crippen molar-refractivity contribution in [2.75, 3.05) is 0 Å². The number of rotatable bonds is 3. The van der Waals surface area contributed by atoms with E-state index in [2.05, 4.69) is 5.32 Å². The average Bonchev–Trinajstić information content (AvgIpc) is 2.40. The van der Waals surface area contributed by atoms with Gasteiger partial charge in [-0.3, -0.25) is 9.59 Å². The van der Waals surface area contributed by atoms with Gasteiger partial charge in [0, 0.05) is 11.7 Å². The predicted octanol–water partition coefficient (Wildman–Crippen LogP) is 2.42. The van der Waals surface area contributed by atoms with Crippen LogP contribution in [0.2, 0.25) is 0 Å². The third-order valence-corrected chi connectivity index (χ3v) is 2.95. The van der Waals surface area contributed by atoms with Gasteiger partial charge in [-0.2, -0.15) is 0 Å². The van der Waals surface area contributed by atoms with Gasteiger partial charge in [0.15, 0.2) is 0 Å². The molecule has 1 aromatic carbocycles. The van der Waals surface area contributed by atoms with E-state index in [4.69, 9.17) is 0 Å². The zero-order chi connectivity index (χ0) is 15.5. The maximum absolute atomic E-state index is 12.4. The van der Waals surface area contributed by atoms with E-state index in [0.717, 1.165) is 5.56 Å². The summed E-state index contributed by atoms with van der Waals surface area (Å²) in [6.45, 7) is 6.11. The van der Waals surface area contributed by atoms with Crippen LogP contribution in [0.3, 0.4) is 0 Å². The number of nitrogens with zero attached hydrogens (tertiary/aromatic N) is 1. The van der Waals surface area contributed by atoms with E-state index in [-0.39, 0.29) is 22.6 Å². The molecule has 0 fully saturated rings. The summed E-state index contributed by atoms with van der Waals surface area (Å²) in [6.07, 6.45) is 1.70. The van der Waals surface area contributed by atoms with Crippen LogP contribution in [0.1, 0.15) is 36.7 Å². The number of hydrogen-bond acceptors (Lipinski definition) is 2. The lowest BCUT2D eigenvalue weighted by atomic mass is 10.1. The zero-order valence-corrected chi connectivity index (χ0v) is 12.6. The lowest BCUT2D eigenvalue weighted by molar-refractivity contribution is 0.0917. The molecule has 0 atom stereocenters. The topological polar surface area (TPSA) is 51.1 Å². The molecule has 0 aliphatic carbocycles. The van der Waals surface area contributed by atoms with Gasteiger partial charge in [-0.1, -0.05) is 30.3 Å². The minimum Gasteiger partial charge on any atom is -0.347 e. The van der Waals surface area contributed by atoms with E-state index in [1.807, 2.05) is 51.1 Å². The Labute approximate surface area is 124 Å². The maximum atomic E-state index is 12.4. The Bertz CT molecular complexity index is 682. The molecule has 21 heavy (non-hydrogen) atoms. The highest BCUT2D eigenvalue weighted by Gasteiger charge is 2.18. The molecule has 0 saturated carbocycles. The fraction of sp³-hybridized carbons (Fsp3) is 0.294. The average molecular weight is 284 g/mol. The third kappa shape index (κ3) is 4.05. The van der Waals surface area contributed by atoms with Gasteiger partial charge in [0.1, 0.15) is 5.56 Å². The van der Waals surface area contributed by atoms with Crippen LogP contribution < -0.4 is 10.9 Å². The molecule has 1 amide bonds. The van der Waals surface area contributed by atoms with Gasteiger partial charge in [0.2, 0.25) is 0 Å². The van der Waals surface area contributed by atoms with Gasteiger partial charge in [-0.15, -0.1) is 0 Å². The van der Waals surface area contributed by atoms with Gasteiger partial charge < -0.3 is 9.88 Å². The second kappa shape index (κ2) is 5.95. The predicted molar refractivity (Wildman–Crippen MR) is 83.5 cm³/mol. The molecule has 0 aliphatic heterocycles. The molecule has 0 radical (unpaired) electrons. The minimum absolute atomic E-state index is 0.170. The Kier molecular flexibility index (Phi) is 4.26. The quantitative estimate of drug-likeness (QED) is 0.941. The number of carbonyl (C=O) groups excluding carboxylic acids is 1. The summed E-state index contributed by atoms with van der Waals surface area (Å²) >= 11 is 0. The number of nitrogens with one attached hydrogen (secondary N) is 1. The third-order valence-electron chi connectivity index (χ3n) is 2.95. The van der Waals surface area contributed by atoms with Crippen molar-refractivity contribution in [2.24, 2.45) is 0 Å². The van der Waals surface area contributed by atoms with Gasteiger partial charge in [-0.25, -0.2) is 0 Å². The Balaban J connectivity index is 2.28. The molecule has 0 spiro atoms. The van der Waals surface area contributed by atoms with E-state index in [1.54, 1.807) is 22.9 Å². The fourth-order valence-electron chi connectivity index (χ4n) is 2.02. The summed E-state index contributed by atoms with van der Waals surface area (Å²) in [5, 5.41) is 2.82. The molecular formula is C17H20N2O2. The monoisotopic (exact) mass is 284 g/mol. The van der Waals surface area contributed by atoms with Crippen LogP contribution in [0, 0.1) is 0 Å². The molecule has 1 aromatic heterocycles. The highest BCUT2D eigenvalue weighted by molar-refractivity contribution is 5.94. The Morgan fingerprint density at radius 1 is 1.10 bits per heavy atom. The Morgan fingerprint density at radius 3 is 2.38 bits per heavy atom. The molecule has 0 saturated heterocycles. The van der Waals surface area contributed by atoms with E-state index in [0.29, 0.717) is 6.54 Å². The lowest BCUT2D eigenvalue weighted by Crippen LogP contribution is -2.43. The number of carbonyl (C=O) groups is 1. The molecule has 4 nitrogen and oxygen atoms in total. The standard InChI is InChI=1S/C17H20N2O2/c1-17(2,3)18-15(20)14-10-7-11-19(16(14)21)12-13-8-5-4-6-9-13/h4-11H,12H2,1-3H3,(H,18,20). The van der Waals surface area contributed by atoms with Crippen LogP contribution in [0.5, 0.6) is 0 Å². The van der Waals surface area contributed by atoms with Gasteiger partial charge in [-0.05, 0) is 38.5 Å². The van der Waals surface area contributed by atoms with Crippen molar-refractivity contribution in [1.82, 2.24) is 9.88 Å². The molecule has 110 valence electrons. The molecule has 0 aliphatic rings. The van der Waals surface area contributed by atoms with E-state index >= 15 is 0 Å². The van der Waals surface area contributed by atoms with Crippen molar-refractivity contribution >= 4 is 5.91 Å². The van der Waals surface area contributed by atoms with E-state index in [9.17, 15) is 9.59 Å². The summed E-state index contributed by atoms with van der Waals surface area (Å²) in [5.41, 5.74) is 0.545. The summed E-state index contributed by atoms with van der Waals surface area (Å²) in [4.78, 5) is 24.6. The van der Waals surface area contributed by atoms with Crippen LogP contribution >= 0.6 is 0 Å². The van der Waals surface area contributed by atoms with Crippen LogP contribution in [-0.2, 0) is 6.54 Å². The van der Waals surface area contributed by atoms with Crippen molar-refractivity contribution < 1.29 is 4.79 Å². The molecule has 1 heterocycles. The number of amides is 1. The minimum atomic E-state index is -0.371.